The summed E-state index contributed by atoms with van der Waals surface area (Å²) in [5.41, 5.74) is -2.97. The minimum absolute atomic E-state index is 0.0747. The highest BCUT2D eigenvalue weighted by molar-refractivity contribution is 5.99. The van der Waals surface area contributed by atoms with Gasteiger partial charge in [0.2, 0.25) is 5.60 Å². The van der Waals surface area contributed by atoms with Crippen LogP contribution in [-0.4, -0.2) is 64.2 Å². The van der Waals surface area contributed by atoms with Crippen LogP contribution in [0, 0.1) is 0 Å². The molecule has 28 heavy (non-hydrogen) atoms. The summed E-state index contributed by atoms with van der Waals surface area (Å²) >= 11 is 0. The molecule has 0 aromatic heterocycles. The van der Waals surface area contributed by atoms with E-state index in [0.717, 1.165) is 15.7 Å². The molecule has 3 rings (SSSR count). The summed E-state index contributed by atoms with van der Waals surface area (Å²) in [5, 5.41) is 11.5. The largest absolute Gasteiger partial charge is 0.426 e. The van der Waals surface area contributed by atoms with Crippen molar-refractivity contribution in [3.63, 3.8) is 0 Å². The molecule has 2 atom stereocenters. The highest BCUT2D eigenvalue weighted by atomic mass is 19.4. The molecular formula is C20H21F3N2O3. The van der Waals surface area contributed by atoms with Gasteiger partial charge in [-0.3, -0.25) is 9.59 Å². The Morgan fingerprint density at radius 3 is 2.32 bits per heavy atom. The fourth-order valence-corrected chi connectivity index (χ4v) is 3.36. The average Bonchev–Trinajstić information content (AvgIpc) is 2.65. The first-order valence-corrected chi connectivity index (χ1v) is 8.90. The molecule has 2 amide bonds. The first kappa shape index (κ1) is 20.1. The van der Waals surface area contributed by atoms with E-state index in [9.17, 15) is 27.9 Å². The van der Waals surface area contributed by atoms with Gasteiger partial charge in [-0.1, -0.05) is 30.3 Å². The van der Waals surface area contributed by atoms with E-state index in [1.165, 1.54) is 4.90 Å². The zero-order valence-corrected chi connectivity index (χ0v) is 15.5. The van der Waals surface area contributed by atoms with Crippen LogP contribution in [-0.2, 0) is 4.79 Å². The molecular weight excluding hydrogens is 373 g/mol. The summed E-state index contributed by atoms with van der Waals surface area (Å²) in [6, 6.07) is 12.4. The zero-order chi connectivity index (χ0) is 20.7. The number of nitrogens with zero attached hydrogens (tertiary/aromatic N) is 2. The molecule has 0 bridgehead atoms. The topological polar surface area (TPSA) is 60.9 Å². The minimum atomic E-state index is -5.06. The monoisotopic (exact) mass is 394 g/mol. The summed E-state index contributed by atoms with van der Waals surface area (Å²) < 4.78 is 38.8. The van der Waals surface area contributed by atoms with Crippen molar-refractivity contribution in [2.24, 2.45) is 0 Å². The Labute approximate surface area is 160 Å². The zero-order valence-electron chi connectivity index (χ0n) is 15.5. The van der Waals surface area contributed by atoms with E-state index < -0.39 is 23.7 Å². The van der Waals surface area contributed by atoms with Crippen LogP contribution >= 0.6 is 0 Å². The quantitative estimate of drug-likeness (QED) is 0.852. The average molecular weight is 394 g/mol. The first-order valence-electron chi connectivity index (χ1n) is 8.90. The molecule has 1 fully saturated rings. The summed E-state index contributed by atoms with van der Waals surface area (Å²) in [7, 11) is 0. The summed E-state index contributed by atoms with van der Waals surface area (Å²) in [6.07, 6.45) is -5.06. The van der Waals surface area contributed by atoms with Gasteiger partial charge < -0.3 is 14.9 Å². The number of amides is 2. The van der Waals surface area contributed by atoms with Gasteiger partial charge in [-0.05, 0) is 36.8 Å². The molecule has 1 heterocycles. The molecule has 0 aliphatic carbocycles. The van der Waals surface area contributed by atoms with E-state index in [-0.39, 0.29) is 25.5 Å². The van der Waals surface area contributed by atoms with Crippen LogP contribution in [0.5, 0.6) is 0 Å². The SMILES string of the molecule is C[C@@H]1CN(C(=O)[C@@](C)(O)C(F)(F)F)CCN1C(=O)c1ccc2ccccc2c1. The molecule has 2 aromatic carbocycles. The van der Waals surface area contributed by atoms with Crippen LogP contribution in [0.4, 0.5) is 13.2 Å². The second-order valence-corrected chi connectivity index (χ2v) is 7.23. The number of carbonyl (C=O) groups excluding carboxylic acids is 2. The van der Waals surface area contributed by atoms with Crippen molar-refractivity contribution < 1.29 is 27.9 Å². The molecule has 1 N–H and O–H groups in total. The minimum Gasteiger partial charge on any atom is -0.373 e. The molecule has 0 unspecified atom stereocenters. The van der Waals surface area contributed by atoms with Gasteiger partial charge in [0.25, 0.3) is 11.8 Å². The van der Waals surface area contributed by atoms with Gasteiger partial charge in [-0.25, -0.2) is 0 Å². The van der Waals surface area contributed by atoms with Crippen molar-refractivity contribution in [3.05, 3.63) is 48.0 Å². The van der Waals surface area contributed by atoms with E-state index in [0.29, 0.717) is 12.5 Å². The Hall–Kier alpha value is -2.61. The molecule has 0 saturated carbocycles. The molecule has 1 aliphatic rings. The van der Waals surface area contributed by atoms with Gasteiger partial charge in [0.15, 0.2) is 0 Å². The molecule has 8 heteroatoms. The van der Waals surface area contributed by atoms with Gasteiger partial charge in [-0.2, -0.15) is 13.2 Å². The standard InChI is InChI=1S/C20H21F3N2O3/c1-13-12-24(18(27)19(2,28)20(21,22)23)9-10-25(13)17(26)16-8-7-14-5-3-4-6-15(14)11-16/h3-8,11,13,28H,9-10,12H2,1-2H3/t13-,19-/m1/s1. The molecule has 1 saturated heterocycles. The fraction of sp³-hybridized carbons (Fsp3) is 0.400. The van der Waals surface area contributed by atoms with Crippen LogP contribution in [0.3, 0.4) is 0 Å². The molecule has 150 valence electrons. The predicted octanol–water partition coefficient (Wildman–Crippen LogP) is 2.83. The molecule has 2 aromatic rings. The Kier molecular flexibility index (Phi) is 5.10. The number of benzene rings is 2. The van der Waals surface area contributed by atoms with Crippen molar-refractivity contribution >= 4 is 22.6 Å². The van der Waals surface area contributed by atoms with Gasteiger partial charge in [0, 0.05) is 31.2 Å². The number of rotatable bonds is 2. The summed E-state index contributed by atoms with van der Waals surface area (Å²) in [4.78, 5) is 27.5. The van der Waals surface area contributed by atoms with Crippen LogP contribution in [0.2, 0.25) is 0 Å². The molecule has 0 radical (unpaired) electrons. The number of piperazine rings is 1. The van der Waals surface area contributed by atoms with Crippen LogP contribution in [0.15, 0.2) is 42.5 Å². The number of carbonyl (C=O) groups is 2. The van der Waals surface area contributed by atoms with E-state index in [1.807, 2.05) is 30.3 Å². The van der Waals surface area contributed by atoms with Gasteiger partial charge in [0.1, 0.15) is 0 Å². The highest BCUT2D eigenvalue weighted by Crippen LogP contribution is 2.32. The van der Waals surface area contributed by atoms with Crippen molar-refractivity contribution in [2.45, 2.75) is 31.7 Å². The van der Waals surface area contributed by atoms with Gasteiger partial charge >= 0.3 is 6.18 Å². The third-order valence-corrected chi connectivity index (χ3v) is 5.14. The van der Waals surface area contributed by atoms with Crippen LogP contribution in [0.1, 0.15) is 24.2 Å². The van der Waals surface area contributed by atoms with Crippen molar-refractivity contribution in [2.75, 3.05) is 19.6 Å². The predicted molar refractivity (Wildman–Crippen MR) is 97.7 cm³/mol. The Morgan fingerprint density at radius 2 is 1.71 bits per heavy atom. The maximum Gasteiger partial charge on any atom is 0.426 e. The van der Waals surface area contributed by atoms with E-state index in [2.05, 4.69) is 0 Å². The number of hydrogen-bond donors (Lipinski definition) is 1. The third-order valence-electron chi connectivity index (χ3n) is 5.14. The molecule has 5 nitrogen and oxygen atoms in total. The lowest BCUT2D eigenvalue weighted by atomic mass is 10.0. The molecule has 0 spiro atoms. The number of hydrogen-bond acceptors (Lipinski definition) is 3. The Balaban J connectivity index is 1.74. The second kappa shape index (κ2) is 7.09. The van der Waals surface area contributed by atoms with Crippen LogP contribution < -0.4 is 0 Å². The van der Waals surface area contributed by atoms with E-state index in [1.54, 1.807) is 19.1 Å². The van der Waals surface area contributed by atoms with E-state index in [4.69, 9.17) is 0 Å². The lowest BCUT2D eigenvalue weighted by Gasteiger charge is -2.42. The van der Waals surface area contributed by atoms with E-state index >= 15 is 0 Å². The first-order chi connectivity index (χ1) is 13.0. The highest BCUT2D eigenvalue weighted by Gasteiger charge is 2.57. The lowest BCUT2D eigenvalue weighted by Crippen LogP contribution is -2.62. The maximum atomic E-state index is 12.9. The smallest absolute Gasteiger partial charge is 0.373 e. The lowest BCUT2D eigenvalue weighted by molar-refractivity contribution is -0.250. The van der Waals surface area contributed by atoms with Gasteiger partial charge in [0.05, 0.1) is 0 Å². The number of alkyl halides is 3. The van der Waals surface area contributed by atoms with Crippen LogP contribution in [0.25, 0.3) is 10.8 Å². The van der Waals surface area contributed by atoms with Crippen molar-refractivity contribution in [3.8, 4) is 0 Å². The number of halogens is 3. The Morgan fingerprint density at radius 1 is 1.07 bits per heavy atom. The number of fused-ring (bicyclic) bond motifs is 1. The van der Waals surface area contributed by atoms with Crippen molar-refractivity contribution in [1.29, 1.82) is 0 Å². The summed E-state index contributed by atoms with van der Waals surface area (Å²) in [6.45, 7) is 2.05. The third kappa shape index (κ3) is 3.56. The summed E-state index contributed by atoms with van der Waals surface area (Å²) in [5.74, 6) is -1.64. The fourth-order valence-electron chi connectivity index (χ4n) is 3.36. The second-order valence-electron chi connectivity index (χ2n) is 7.23. The normalized spacial score (nSPS) is 20.1. The maximum absolute atomic E-state index is 12.9. The van der Waals surface area contributed by atoms with Crippen molar-refractivity contribution in [1.82, 2.24) is 9.80 Å². The number of aliphatic hydroxyl groups is 1. The van der Waals surface area contributed by atoms with Gasteiger partial charge in [-0.15, -0.1) is 0 Å². The molecule has 1 aliphatic heterocycles. The Bertz CT molecular complexity index is 911.